The fourth-order valence-corrected chi connectivity index (χ4v) is 4.94. The van der Waals surface area contributed by atoms with Crippen LogP contribution in [0.2, 0.25) is 0 Å². The molecule has 2 fully saturated rings. The van der Waals surface area contributed by atoms with Crippen molar-refractivity contribution in [3.05, 3.63) is 59.9 Å². The number of hydrogen-bond donors (Lipinski definition) is 2. The number of anilines is 1. The summed E-state index contributed by atoms with van der Waals surface area (Å²) in [6.07, 6.45) is 0.0355. The second-order valence-electron chi connectivity index (χ2n) is 9.54. The minimum atomic E-state index is -4.54. The average Bonchev–Trinajstić information content (AvgIpc) is 2.89. The molecule has 0 unspecified atom stereocenters. The Kier molecular flexibility index (Phi) is 7.45. The van der Waals surface area contributed by atoms with E-state index in [1.807, 2.05) is 0 Å². The number of para-hydroxylation sites is 1. The molecule has 0 spiro atoms. The number of pyridine rings is 2. The largest absolute Gasteiger partial charge is 0.474 e. The number of aromatic nitrogens is 2. The number of nitrogens with zero attached hydrogens (tertiary/aromatic N) is 2. The first-order valence-electron chi connectivity index (χ1n) is 12.6. The molecule has 2 N–H and O–H groups in total. The number of nitrogens with one attached hydrogen (secondary N) is 2. The molecule has 1 aliphatic carbocycles. The van der Waals surface area contributed by atoms with Gasteiger partial charge in [0.15, 0.2) is 0 Å². The van der Waals surface area contributed by atoms with Gasteiger partial charge in [-0.25, -0.2) is 9.97 Å². The van der Waals surface area contributed by atoms with Gasteiger partial charge in [0.25, 0.3) is 5.91 Å². The molecule has 2 aromatic heterocycles. The van der Waals surface area contributed by atoms with Crippen molar-refractivity contribution in [2.45, 2.75) is 62.9 Å². The second-order valence-corrected chi connectivity index (χ2v) is 9.54. The fraction of sp³-hybridized carbons (Fsp3) is 0.444. The SMILES string of the molecule is O=C(N[C@@H]1CCC[C@H](Nc2cc(C(F)(F)F)nc3ccccc23)C1)c1cccc(OC2CCOCC2)n1. The summed E-state index contributed by atoms with van der Waals surface area (Å²) in [7, 11) is 0. The molecule has 0 radical (unpaired) electrons. The average molecular weight is 515 g/mol. The number of benzene rings is 1. The van der Waals surface area contributed by atoms with Crippen LogP contribution in [0, 0.1) is 0 Å². The van der Waals surface area contributed by atoms with E-state index in [9.17, 15) is 18.0 Å². The number of halogens is 3. The maximum absolute atomic E-state index is 13.4. The van der Waals surface area contributed by atoms with Gasteiger partial charge in [0.05, 0.1) is 18.7 Å². The molecular weight excluding hydrogens is 485 g/mol. The van der Waals surface area contributed by atoms with Gasteiger partial charge in [0.2, 0.25) is 5.88 Å². The van der Waals surface area contributed by atoms with E-state index in [0.717, 1.165) is 38.2 Å². The van der Waals surface area contributed by atoms with Crippen LogP contribution in [0.25, 0.3) is 10.9 Å². The number of carbonyl (C=O) groups is 1. The molecule has 2 atom stereocenters. The number of alkyl halides is 3. The van der Waals surface area contributed by atoms with Crippen molar-refractivity contribution in [2.24, 2.45) is 0 Å². The summed E-state index contributed by atoms with van der Waals surface area (Å²) in [6.45, 7) is 1.29. The number of rotatable bonds is 6. The van der Waals surface area contributed by atoms with Crippen molar-refractivity contribution in [2.75, 3.05) is 18.5 Å². The summed E-state index contributed by atoms with van der Waals surface area (Å²) in [5.41, 5.74) is 0.0295. The molecule has 2 aliphatic rings. The van der Waals surface area contributed by atoms with Crippen molar-refractivity contribution >= 4 is 22.5 Å². The number of ether oxygens (including phenoxy) is 2. The molecule has 1 saturated carbocycles. The van der Waals surface area contributed by atoms with Crippen LogP contribution in [-0.2, 0) is 10.9 Å². The van der Waals surface area contributed by atoms with Gasteiger partial charge in [-0.1, -0.05) is 24.3 Å². The van der Waals surface area contributed by atoms with E-state index in [-0.39, 0.29) is 35.3 Å². The Balaban J connectivity index is 1.24. The second kappa shape index (κ2) is 10.9. The van der Waals surface area contributed by atoms with E-state index < -0.39 is 11.9 Å². The molecule has 1 aromatic carbocycles. The minimum Gasteiger partial charge on any atom is -0.474 e. The maximum atomic E-state index is 13.4. The summed E-state index contributed by atoms with van der Waals surface area (Å²) in [5.74, 6) is 0.115. The van der Waals surface area contributed by atoms with Gasteiger partial charge < -0.3 is 20.1 Å². The van der Waals surface area contributed by atoms with Gasteiger partial charge in [0.1, 0.15) is 17.5 Å². The highest BCUT2D eigenvalue weighted by Gasteiger charge is 2.34. The van der Waals surface area contributed by atoms with Gasteiger partial charge in [-0.3, -0.25) is 4.79 Å². The highest BCUT2D eigenvalue weighted by Crippen LogP contribution is 2.34. The molecule has 1 saturated heterocycles. The Morgan fingerprint density at radius 2 is 1.76 bits per heavy atom. The highest BCUT2D eigenvalue weighted by atomic mass is 19.4. The van der Waals surface area contributed by atoms with Crippen LogP contribution in [0.3, 0.4) is 0 Å². The molecule has 37 heavy (non-hydrogen) atoms. The van der Waals surface area contributed by atoms with Crippen LogP contribution in [0.4, 0.5) is 18.9 Å². The Bertz CT molecular complexity index is 1250. The molecule has 3 heterocycles. The molecule has 1 aliphatic heterocycles. The Labute approximate surface area is 212 Å². The first kappa shape index (κ1) is 25.3. The number of amides is 1. The highest BCUT2D eigenvalue weighted by molar-refractivity contribution is 5.93. The van der Waals surface area contributed by atoms with Crippen LogP contribution >= 0.6 is 0 Å². The lowest BCUT2D eigenvalue weighted by Crippen LogP contribution is -2.42. The van der Waals surface area contributed by atoms with E-state index in [2.05, 4.69) is 20.6 Å². The lowest BCUT2D eigenvalue weighted by molar-refractivity contribution is -0.140. The van der Waals surface area contributed by atoms with Gasteiger partial charge in [-0.05, 0) is 43.9 Å². The van der Waals surface area contributed by atoms with E-state index >= 15 is 0 Å². The molecule has 0 bridgehead atoms. The smallest absolute Gasteiger partial charge is 0.433 e. The number of carbonyl (C=O) groups excluding carboxylic acids is 1. The molecule has 1 amide bonds. The summed E-state index contributed by atoms with van der Waals surface area (Å²) in [5, 5.41) is 6.97. The standard InChI is InChI=1S/C27H29F3N4O3/c28-27(29,30)24-16-23(20-7-1-2-8-21(20)33-24)31-17-5-3-6-18(15-17)32-26(35)22-9-4-10-25(34-22)37-19-11-13-36-14-12-19/h1-2,4,7-10,16-19H,3,5-6,11-15H2,(H,31,33)(H,32,35)/t17-,18+/m0/s1. The van der Waals surface area contributed by atoms with Crippen molar-refractivity contribution in [3.63, 3.8) is 0 Å². The Morgan fingerprint density at radius 1 is 0.973 bits per heavy atom. The predicted octanol–water partition coefficient (Wildman–Crippen LogP) is 5.36. The van der Waals surface area contributed by atoms with Crippen LogP contribution in [0.1, 0.15) is 54.7 Å². The van der Waals surface area contributed by atoms with Crippen molar-refractivity contribution in [1.29, 1.82) is 0 Å². The normalized spacial score (nSPS) is 20.9. The zero-order chi connectivity index (χ0) is 25.8. The van der Waals surface area contributed by atoms with Crippen molar-refractivity contribution in [1.82, 2.24) is 15.3 Å². The van der Waals surface area contributed by atoms with E-state index in [1.165, 1.54) is 0 Å². The number of fused-ring (bicyclic) bond motifs is 1. The molecule has 7 nitrogen and oxygen atoms in total. The first-order chi connectivity index (χ1) is 17.8. The first-order valence-corrected chi connectivity index (χ1v) is 12.6. The van der Waals surface area contributed by atoms with Gasteiger partial charge in [-0.15, -0.1) is 0 Å². The van der Waals surface area contributed by atoms with Crippen molar-refractivity contribution in [3.8, 4) is 5.88 Å². The third-order valence-corrected chi connectivity index (χ3v) is 6.79. The minimum absolute atomic E-state index is 0.0202. The van der Waals surface area contributed by atoms with Gasteiger partial charge in [-0.2, -0.15) is 13.2 Å². The van der Waals surface area contributed by atoms with Crippen LogP contribution in [0.15, 0.2) is 48.5 Å². The van der Waals surface area contributed by atoms with Gasteiger partial charge in [0, 0.05) is 42.1 Å². The Morgan fingerprint density at radius 3 is 2.57 bits per heavy atom. The fourth-order valence-electron chi connectivity index (χ4n) is 4.94. The lowest BCUT2D eigenvalue weighted by Gasteiger charge is -2.31. The molecule has 10 heteroatoms. The van der Waals surface area contributed by atoms with Crippen LogP contribution < -0.4 is 15.4 Å². The lowest BCUT2D eigenvalue weighted by atomic mass is 9.90. The molecule has 196 valence electrons. The third-order valence-electron chi connectivity index (χ3n) is 6.79. The maximum Gasteiger partial charge on any atom is 0.433 e. The van der Waals surface area contributed by atoms with E-state index in [0.29, 0.717) is 36.6 Å². The summed E-state index contributed by atoms with van der Waals surface area (Å²) >= 11 is 0. The molecular formula is C27H29F3N4O3. The quantitative estimate of drug-likeness (QED) is 0.461. The van der Waals surface area contributed by atoms with Gasteiger partial charge >= 0.3 is 6.18 Å². The Hall–Kier alpha value is -3.40. The monoisotopic (exact) mass is 514 g/mol. The third kappa shape index (κ3) is 6.30. The summed E-state index contributed by atoms with van der Waals surface area (Å²) in [4.78, 5) is 21.1. The molecule has 5 rings (SSSR count). The predicted molar refractivity (Wildman–Crippen MR) is 133 cm³/mol. The van der Waals surface area contributed by atoms with E-state index in [4.69, 9.17) is 9.47 Å². The number of hydrogen-bond acceptors (Lipinski definition) is 6. The molecule has 3 aromatic rings. The van der Waals surface area contributed by atoms with Crippen LogP contribution in [-0.4, -0.2) is 47.3 Å². The van der Waals surface area contributed by atoms with Crippen LogP contribution in [0.5, 0.6) is 5.88 Å². The summed E-state index contributed by atoms with van der Waals surface area (Å²) < 4.78 is 51.6. The zero-order valence-corrected chi connectivity index (χ0v) is 20.3. The topological polar surface area (TPSA) is 85.4 Å². The van der Waals surface area contributed by atoms with Crippen molar-refractivity contribution < 1.29 is 27.4 Å². The van der Waals surface area contributed by atoms with E-state index in [1.54, 1.807) is 42.5 Å². The zero-order valence-electron chi connectivity index (χ0n) is 20.3. The summed E-state index contributed by atoms with van der Waals surface area (Å²) in [6, 6.07) is 12.8.